The number of nitrogens with one attached hydrogen (secondary N) is 1. The van der Waals surface area contributed by atoms with Gasteiger partial charge in [0, 0.05) is 18.3 Å². The lowest BCUT2D eigenvalue weighted by atomic mass is 9.79. The lowest BCUT2D eigenvalue weighted by Crippen LogP contribution is -2.62. The van der Waals surface area contributed by atoms with Crippen LogP contribution in [0.4, 0.5) is 0 Å². The minimum absolute atomic E-state index is 0.376. The largest absolute Gasteiger partial charge is 0.387 e. The van der Waals surface area contributed by atoms with Crippen molar-refractivity contribution in [2.24, 2.45) is 0 Å². The quantitative estimate of drug-likeness (QED) is 0.838. The van der Waals surface area contributed by atoms with Gasteiger partial charge in [-0.3, -0.25) is 10.00 Å². The van der Waals surface area contributed by atoms with Crippen molar-refractivity contribution in [1.29, 1.82) is 0 Å². The molecule has 0 saturated carbocycles. The highest BCUT2D eigenvalue weighted by Gasteiger charge is 2.44. The van der Waals surface area contributed by atoms with Gasteiger partial charge in [0.1, 0.15) is 0 Å². The minimum atomic E-state index is -0.519. The summed E-state index contributed by atoms with van der Waals surface area (Å²) in [5.74, 6) is 0. The summed E-state index contributed by atoms with van der Waals surface area (Å²) >= 11 is 0. The Bertz CT molecular complexity index is 522. The van der Waals surface area contributed by atoms with Crippen molar-refractivity contribution >= 4 is 0 Å². The zero-order valence-corrected chi connectivity index (χ0v) is 15.6. The highest BCUT2D eigenvalue weighted by Crippen LogP contribution is 2.34. The van der Waals surface area contributed by atoms with Crippen molar-refractivity contribution < 1.29 is 5.11 Å². The molecule has 1 aromatic rings. The van der Waals surface area contributed by atoms with E-state index in [2.05, 4.69) is 40.9 Å². The second kappa shape index (κ2) is 7.54. The van der Waals surface area contributed by atoms with Gasteiger partial charge in [-0.1, -0.05) is 6.42 Å². The van der Waals surface area contributed by atoms with E-state index < -0.39 is 5.60 Å². The maximum Gasteiger partial charge on any atom is 0.0928 e. The first kappa shape index (κ1) is 17.9. The predicted octanol–water partition coefficient (Wildman–Crippen LogP) is 2.27. The van der Waals surface area contributed by atoms with E-state index in [4.69, 9.17) is 0 Å². The third-order valence-electron chi connectivity index (χ3n) is 6.08. The fourth-order valence-electron chi connectivity index (χ4n) is 4.82. The van der Waals surface area contributed by atoms with Crippen molar-refractivity contribution in [2.75, 3.05) is 33.2 Å². The van der Waals surface area contributed by atoms with Gasteiger partial charge in [0.2, 0.25) is 0 Å². The number of piperidine rings is 2. The second-order valence-electron chi connectivity index (χ2n) is 8.01. The third kappa shape index (κ3) is 3.84. The van der Waals surface area contributed by atoms with Gasteiger partial charge >= 0.3 is 0 Å². The summed E-state index contributed by atoms with van der Waals surface area (Å²) in [6, 6.07) is 0.376. The van der Waals surface area contributed by atoms with E-state index in [1.165, 1.54) is 37.2 Å². The molecule has 5 nitrogen and oxygen atoms in total. The zero-order chi connectivity index (χ0) is 17.2. The summed E-state index contributed by atoms with van der Waals surface area (Å²) in [4.78, 5) is 4.88. The maximum atomic E-state index is 11.3. The number of nitrogens with zero attached hydrogens (tertiary/aromatic N) is 3. The molecule has 2 N–H and O–H groups in total. The molecule has 24 heavy (non-hydrogen) atoms. The summed E-state index contributed by atoms with van der Waals surface area (Å²) in [6.45, 7) is 8.36. The van der Waals surface area contributed by atoms with Gasteiger partial charge in [-0.2, -0.15) is 5.10 Å². The predicted molar refractivity (Wildman–Crippen MR) is 97.3 cm³/mol. The average Bonchev–Trinajstić information content (AvgIpc) is 2.87. The number of aryl methyl sites for hydroxylation is 2. The number of hydrogen-bond acceptors (Lipinski definition) is 4. The van der Waals surface area contributed by atoms with Crippen LogP contribution in [-0.4, -0.2) is 70.0 Å². The third-order valence-corrected chi connectivity index (χ3v) is 6.08. The Kier molecular flexibility index (Phi) is 5.63. The van der Waals surface area contributed by atoms with Crippen molar-refractivity contribution in [1.82, 2.24) is 20.0 Å². The lowest BCUT2D eigenvalue weighted by molar-refractivity contribution is -0.106. The van der Waals surface area contributed by atoms with Gasteiger partial charge in [0.05, 0.1) is 11.3 Å². The summed E-state index contributed by atoms with van der Waals surface area (Å²) in [6.07, 6.45) is 8.00. The van der Waals surface area contributed by atoms with Gasteiger partial charge in [-0.25, -0.2) is 0 Å². The molecule has 0 bridgehead atoms. The molecule has 136 valence electrons. The Morgan fingerprint density at radius 1 is 1.29 bits per heavy atom. The Morgan fingerprint density at radius 3 is 2.83 bits per heavy atom. The molecule has 3 heterocycles. The summed E-state index contributed by atoms with van der Waals surface area (Å²) in [7, 11) is 2.16. The molecule has 0 aromatic carbocycles. The van der Waals surface area contributed by atoms with Crippen LogP contribution in [0.15, 0.2) is 0 Å². The van der Waals surface area contributed by atoms with Crippen molar-refractivity contribution in [3.8, 4) is 0 Å². The average molecular weight is 335 g/mol. The summed E-state index contributed by atoms with van der Waals surface area (Å²) < 4.78 is 0. The molecule has 0 radical (unpaired) electrons. The van der Waals surface area contributed by atoms with Crippen LogP contribution in [0, 0.1) is 13.8 Å². The molecular formula is C19H34N4O. The summed E-state index contributed by atoms with van der Waals surface area (Å²) in [5, 5.41) is 18.7. The number of aliphatic hydroxyl groups is 1. The van der Waals surface area contributed by atoms with E-state index in [0.717, 1.165) is 50.9 Å². The summed E-state index contributed by atoms with van der Waals surface area (Å²) in [5.41, 5.74) is 3.16. The molecular weight excluding hydrogens is 300 g/mol. The van der Waals surface area contributed by atoms with Crippen LogP contribution in [0.25, 0.3) is 0 Å². The number of rotatable bonds is 6. The number of aromatic amines is 1. The van der Waals surface area contributed by atoms with Crippen molar-refractivity contribution in [3.63, 3.8) is 0 Å². The molecule has 1 aromatic heterocycles. The number of aromatic nitrogens is 2. The van der Waals surface area contributed by atoms with Gasteiger partial charge in [0.25, 0.3) is 0 Å². The van der Waals surface area contributed by atoms with Crippen LogP contribution in [-0.2, 0) is 6.42 Å². The lowest BCUT2D eigenvalue weighted by Gasteiger charge is -2.50. The highest BCUT2D eigenvalue weighted by molar-refractivity contribution is 5.23. The first-order chi connectivity index (χ1) is 11.5. The monoisotopic (exact) mass is 334 g/mol. The Morgan fingerprint density at radius 2 is 2.08 bits per heavy atom. The van der Waals surface area contributed by atoms with E-state index in [9.17, 15) is 5.11 Å². The maximum absolute atomic E-state index is 11.3. The standard InChI is InChI=1S/C19H34N4O/c1-15-17(16(2)21-20-15)8-6-11-22(3)14-19(24)10-7-13-23-12-5-4-9-18(19)23/h18,24H,4-14H2,1-3H3,(H,20,21)/t18-,19-/m1/s1. The second-order valence-corrected chi connectivity index (χ2v) is 8.01. The number of H-pyrrole nitrogens is 1. The Hall–Kier alpha value is -0.910. The Labute approximate surface area is 146 Å². The van der Waals surface area contributed by atoms with Gasteiger partial charge in [0.15, 0.2) is 0 Å². The normalized spacial score (nSPS) is 28.3. The molecule has 0 spiro atoms. The van der Waals surface area contributed by atoms with Crippen LogP contribution in [0.3, 0.4) is 0 Å². The molecule has 0 amide bonds. The minimum Gasteiger partial charge on any atom is -0.387 e. The van der Waals surface area contributed by atoms with Gasteiger partial charge in [-0.15, -0.1) is 0 Å². The van der Waals surface area contributed by atoms with Crippen LogP contribution in [0.1, 0.15) is 55.5 Å². The SMILES string of the molecule is Cc1n[nH]c(C)c1CCCN(C)C[C@]1(O)CCCN2CCCC[C@@H]21. The van der Waals surface area contributed by atoms with Gasteiger partial charge < -0.3 is 10.0 Å². The van der Waals surface area contributed by atoms with E-state index in [1.54, 1.807) is 0 Å². The molecule has 2 fully saturated rings. The molecule has 3 rings (SSSR count). The van der Waals surface area contributed by atoms with Crippen LogP contribution in [0.5, 0.6) is 0 Å². The van der Waals surface area contributed by atoms with Crippen molar-refractivity contribution in [3.05, 3.63) is 17.0 Å². The van der Waals surface area contributed by atoms with Crippen molar-refractivity contribution in [2.45, 2.75) is 70.4 Å². The number of hydrogen-bond donors (Lipinski definition) is 2. The zero-order valence-electron chi connectivity index (χ0n) is 15.6. The van der Waals surface area contributed by atoms with Crippen LogP contribution in [0.2, 0.25) is 0 Å². The molecule has 2 saturated heterocycles. The molecule has 0 aliphatic carbocycles. The molecule has 2 aliphatic heterocycles. The smallest absolute Gasteiger partial charge is 0.0928 e. The first-order valence-electron chi connectivity index (χ1n) is 9.65. The van der Waals surface area contributed by atoms with Crippen LogP contribution < -0.4 is 0 Å². The molecule has 2 aliphatic rings. The Balaban J connectivity index is 1.51. The fourth-order valence-corrected chi connectivity index (χ4v) is 4.82. The van der Waals surface area contributed by atoms with E-state index in [-0.39, 0.29) is 0 Å². The molecule has 5 heteroatoms. The topological polar surface area (TPSA) is 55.4 Å². The first-order valence-corrected chi connectivity index (χ1v) is 9.65. The van der Waals surface area contributed by atoms with E-state index in [1.807, 2.05) is 0 Å². The van der Waals surface area contributed by atoms with E-state index in [0.29, 0.717) is 6.04 Å². The number of likely N-dealkylation sites (N-methyl/N-ethyl adjacent to an activating group) is 1. The molecule has 2 atom stereocenters. The van der Waals surface area contributed by atoms with Crippen LogP contribution >= 0.6 is 0 Å². The fraction of sp³-hybridized carbons (Fsp3) is 0.842. The van der Waals surface area contributed by atoms with Gasteiger partial charge in [-0.05, 0) is 84.6 Å². The molecule has 0 unspecified atom stereocenters. The van der Waals surface area contributed by atoms with E-state index >= 15 is 0 Å². The number of fused-ring (bicyclic) bond motifs is 1. The highest BCUT2D eigenvalue weighted by atomic mass is 16.3.